The lowest BCUT2D eigenvalue weighted by molar-refractivity contribution is -0.113. The van der Waals surface area contributed by atoms with Crippen molar-refractivity contribution in [2.24, 2.45) is 14.1 Å². The molecule has 4 aromatic heterocycles. The smallest absolute Gasteiger partial charge is 0.332 e. The maximum atomic E-state index is 12.9. The van der Waals surface area contributed by atoms with Crippen molar-refractivity contribution in [2.75, 3.05) is 11.1 Å². The number of nitrogens with zero attached hydrogens (tertiary/aromatic N) is 5. The van der Waals surface area contributed by atoms with E-state index in [1.807, 2.05) is 25.1 Å². The maximum absolute atomic E-state index is 12.9. The van der Waals surface area contributed by atoms with Crippen molar-refractivity contribution in [3.63, 3.8) is 0 Å². The van der Waals surface area contributed by atoms with Crippen LogP contribution < -0.4 is 16.6 Å². The Kier molecular flexibility index (Phi) is 5.54. The molecule has 5 rings (SSSR count). The van der Waals surface area contributed by atoms with Gasteiger partial charge in [-0.25, -0.2) is 19.7 Å². The fourth-order valence-electron chi connectivity index (χ4n) is 3.42. The molecule has 0 radical (unpaired) electrons. The van der Waals surface area contributed by atoms with Crippen LogP contribution in [0.25, 0.3) is 32.8 Å². The first-order valence-corrected chi connectivity index (χ1v) is 11.9. The summed E-state index contributed by atoms with van der Waals surface area (Å²) in [6, 6.07) is 9.26. The van der Waals surface area contributed by atoms with Gasteiger partial charge in [0.2, 0.25) is 5.91 Å². The maximum Gasteiger partial charge on any atom is 0.332 e. The third-order valence-corrected chi connectivity index (χ3v) is 7.05. The largest absolute Gasteiger partial charge is 0.461 e. The topological polar surface area (TPSA) is 125 Å². The number of furan rings is 1. The number of nitrogens with one attached hydrogen (secondary N) is 1. The molecule has 0 aliphatic heterocycles. The van der Waals surface area contributed by atoms with Gasteiger partial charge in [-0.1, -0.05) is 29.2 Å². The van der Waals surface area contributed by atoms with Gasteiger partial charge >= 0.3 is 5.69 Å². The highest BCUT2D eigenvalue weighted by atomic mass is 32.2. The van der Waals surface area contributed by atoms with Crippen molar-refractivity contribution >= 4 is 55.4 Å². The first-order valence-electron chi connectivity index (χ1n) is 10.1. The number of hydrogen-bond acceptors (Lipinski definition) is 9. The van der Waals surface area contributed by atoms with Crippen LogP contribution in [0.15, 0.2) is 55.6 Å². The Hall–Kier alpha value is -3.77. The Labute approximate surface area is 200 Å². The van der Waals surface area contributed by atoms with E-state index in [1.165, 1.54) is 36.3 Å². The predicted molar refractivity (Wildman–Crippen MR) is 131 cm³/mol. The fraction of sp³-hybridized carbons (Fsp3) is 0.182. The van der Waals surface area contributed by atoms with Gasteiger partial charge < -0.3 is 9.73 Å². The molecule has 0 aliphatic carbocycles. The van der Waals surface area contributed by atoms with E-state index in [9.17, 15) is 14.4 Å². The average molecular weight is 495 g/mol. The number of anilines is 1. The van der Waals surface area contributed by atoms with E-state index < -0.39 is 11.2 Å². The van der Waals surface area contributed by atoms with Crippen molar-refractivity contribution in [3.8, 4) is 11.6 Å². The average Bonchev–Trinajstić information content (AvgIpc) is 3.49. The van der Waals surface area contributed by atoms with Crippen LogP contribution in [0.3, 0.4) is 0 Å². The zero-order valence-electron chi connectivity index (χ0n) is 18.4. The molecule has 0 spiro atoms. The van der Waals surface area contributed by atoms with Gasteiger partial charge in [-0.3, -0.25) is 18.7 Å². The third kappa shape index (κ3) is 3.90. The summed E-state index contributed by atoms with van der Waals surface area (Å²) in [6.07, 6.45) is 1.48. The number of carbonyl (C=O) groups is 1. The van der Waals surface area contributed by atoms with Crippen molar-refractivity contribution in [1.29, 1.82) is 0 Å². The third-order valence-electron chi connectivity index (χ3n) is 5.14. The van der Waals surface area contributed by atoms with Crippen molar-refractivity contribution < 1.29 is 9.21 Å². The molecular formula is C22H18N6O4S2. The van der Waals surface area contributed by atoms with E-state index in [2.05, 4.69) is 20.3 Å². The summed E-state index contributed by atoms with van der Waals surface area (Å²) in [4.78, 5) is 51.3. The number of carbonyl (C=O) groups excluding carboxylic acids is 1. The zero-order chi connectivity index (χ0) is 24.0. The summed E-state index contributed by atoms with van der Waals surface area (Å²) < 4.78 is 8.65. The predicted octanol–water partition coefficient (Wildman–Crippen LogP) is 2.94. The summed E-state index contributed by atoms with van der Waals surface area (Å²) >= 11 is 2.47. The number of amides is 1. The molecule has 0 fully saturated rings. The highest BCUT2D eigenvalue weighted by Crippen LogP contribution is 2.28. The number of thioether (sulfide) groups is 1. The Bertz CT molecular complexity index is 1680. The van der Waals surface area contributed by atoms with Gasteiger partial charge in [0, 0.05) is 14.1 Å². The van der Waals surface area contributed by atoms with Crippen LogP contribution in [0.5, 0.6) is 0 Å². The molecule has 1 amide bonds. The van der Waals surface area contributed by atoms with Crippen molar-refractivity contribution in [2.45, 2.75) is 11.9 Å². The van der Waals surface area contributed by atoms with Gasteiger partial charge in [0.15, 0.2) is 22.4 Å². The van der Waals surface area contributed by atoms with Gasteiger partial charge in [-0.15, -0.1) is 0 Å². The van der Waals surface area contributed by atoms with Crippen LogP contribution in [0.4, 0.5) is 5.13 Å². The molecule has 1 aromatic carbocycles. The summed E-state index contributed by atoms with van der Waals surface area (Å²) in [5.74, 6) is 0.273. The van der Waals surface area contributed by atoms with E-state index in [0.717, 1.165) is 32.1 Å². The lowest BCUT2D eigenvalue weighted by Gasteiger charge is -2.11. The van der Waals surface area contributed by atoms with Crippen LogP contribution in [0.1, 0.15) is 5.56 Å². The number of aryl methyl sites for hydroxylation is 2. The molecule has 1 N–H and O–H groups in total. The standard InChI is InChI=1S/C22H18N6O4S2/c1-11-6-7-12-14(9-11)34-21(23-12)24-15(29)10-33-19-16-18(27(2)22(31)28(3)20(16)30)25-17(26-19)13-5-4-8-32-13/h4-9H,10H2,1-3H3,(H,23,24,29). The molecule has 0 bridgehead atoms. The van der Waals surface area contributed by atoms with E-state index in [-0.39, 0.29) is 33.5 Å². The fourth-order valence-corrected chi connectivity index (χ4v) is 5.22. The van der Waals surface area contributed by atoms with Gasteiger partial charge in [-0.05, 0) is 36.8 Å². The van der Waals surface area contributed by atoms with Crippen molar-refractivity contribution in [3.05, 3.63) is 63.0 Å². The first kappa shape index (κ1) is 22.0. The Balaban J connectivity index is 1.49. The zero-order valence-corrected chi connectivity index (χ0v) is 20.0. The number of benzene rings is 1. The molecule has 172 valence electrons. The number of fused-ring (bicyclic) bond motifs is 2. The summed E-state index contributed by atoms with van der Waals surface area (Å²) in [5, 5.41) is 3.74. The Morgan fingerprint density at radius 3 is 2.74 bits per heavy atom. The normalized spacial score (nSPS) is 11.4. The van der Waals surface area contributed by atoms with E-state index in [4.69, 9.17) is 4.42 Å². The van der Waals surface area contributed by atoms with Crippen LogP contribution in [-0.4, -0.2) is 35.7 Å². The molecule has 12 heteroatoms. The monoisotopic (exact) mass is 494 g/mol. The molecule has 10 nitrogen and oxygen atoms in total. The molecule has 0 saturated carbocycles. The number of thiazole rings is 1. The first-order chi connectivity index (χ1) is 16.3. The minimum Gasteiger partial charge on any atom is -0.461 e. The van der Waals surface area contributed by atoms with Gasteiger partial charge in [0.25, 0.3) is 5.56 Å². The second kappa shape index (κ2) is 8.54. The van der Waals surface area contributed by atoms with Gasteiger partial charge in [0.05, 0.1) is 22.2 Å². The minimum atomic E-state index is -0.534. The highest BCUT2D eigenvalue weighted by molar-refractivity contribution is 8.00. The SMILES string of the molecule is Cc1ccc2nc(NC(=O)CSc3nc(-c4ccco4)nc4c3c(=O)n(C)c(=O)n4C)sc2c1. The summed E-state index contributed by atoms with van der Waals surface area (Å²) in [6.45, 7) is 2.00. The van der Waals surface area contributed by atoms with Gasteiger partial charge in [0.1, 0.15) is 10.4 Å². The second-order valence-corrected chi connectivity index (χ2v) is 9.56. The lowest BCUT2D eigenvalue weighted by Crippen LogP contribution is -2.37. The van der Waals surface area contributed by atoms with Crippen LogP contribution in [0, 0.1) is 6.92 Å². The Morgan fingerprint density at radius 2 is 1.97 bits per heavy atom. The molecule has 0 atom stereocenters. The second-order valence-electron chi connectivity index (χ2n) is 7.56. The van der Waals surface area contributed by atoms with E-state index >= 15 is 0 Å². The molecule has 0 saturated heterocycles. The number of hydrogen-bond donors (Lipinski definition) is 1. The quantitative estimate of drug-likeness (QED) is 0.292. The molecular weight excluding hydrogens is 476 g/mol. The molecule has 4 heterocycles. The van der Waals surface area contributed by atoms with Crippen LogP contribution in [0.2, 0.25) is 0 Å². The molecule has 34 heavy (non-hydrogen) atoms. The van der Waals surface area contributed by atoms with Crippen LogP contribution in [-0.2, 0) is 18.9 Å². The van der Waals surface area contributed by atoms with Crippen LogP contribution >= 0.6 is 23.1 Å². The highest BCUT2D eigenvalue weighted by Gasteiger charge is 2.20. The number of aromatic nitrogens is 5. The lowest BCUT2D eigenvalue weighted by atomic mass is 10.2. The Morgan fingerprint density at radius 1 is 1.15 bits per heavy atom. The van der Waals surface area contributed by atoms with E-state index in [1.54, 1.807) is 12.1 Å². The molecule has 0 aliphatic rings. The van der Waals surface area contributed by atoms with Crippen molar-refractivity contribution in [1.82, 2.24) is 24.1 Å². The summed E-state index contributed by atoms with van der Waals surface area (Å²) in [5.41, 5.74) is 1.05. The number of rotatable bonds is 5. The molecule has 5 aromatic rings. The van der Waals surface area contributed by atoms with E-state index in [0.29, 0.717) is 10.9 Å². The van der Waals surface area contributed by atoms with Gasteiger partial charge in [-0.2, -0.15) is 0 Å². The summed E-state index contributed by atoms with van der Waals surface area (Å²) in [7, 11) is 2.92. The molecule has 0 unspecified atom stereocenters. The minimum absolute atomic E-state index is 0.0232.